The van der Waals surface area contributed by atoms with Gasteiger partial charge in [0, 0.05) is 24.4 Å². The lowest BCUT2D eigenvalue weighted by Gasteiger charge is -2.26. The van der Waals surface area contributed by atoms with Crippen LogP contribution in [0.25, 0.3) is 28.2 Å². The van der Waals surface area contributed by atoms with E-state index in [1.807, 2.05) is 33.2 Å². The van der Waals surface area contributed by atoms with Gasteiger partial charge in [-0.05, 0) is 38.2 Å². The Balaban J connectivity index is 1.71. The Bertz CT molecular complexity index is 1390. The number of ether oxygens (including phenoxy) is 1. The van der Waals surface area contributed by atoms with Crippen molar-refractivity contribution in [3.8, 4) is 28.3 Å². The van der Waals surface area contributed by atoms with Gasteiger partial charge in [-0.25, -0.2) is 9.50 Å². The molecule has 0 fully saturated rings. The number of methoxy groups -OCH3 is 1. The molecule has 0 aliphatic carbocycles. The molecule has 1 N–H and O–H groups in total. The second-order valence-electron chi connectivity index (χ2n) is 9.08. The SMILES string of the molecule is COc1cc(-c2n[nH]c(-c3ccc(C(C)N(C)C(=O)CN(C)C)cc3)c2CC(F)(F)F)cn2ncnc12. The van der Waals surface area contributed by atoms with Gasteiger partial charge in [0.05, 0.1) is 37.5 Å². The highest BCUT2D eigenvalue weighted by Gasteiger charge is 2.33. The number of aromatic nitrogens is 5. The number of carbonyl (C=O) groups is 1. The summed E-state index contributed by atoms with van der Waals surface area (Å²) in [7, 11) is 6.83. The predicted octanol–water partition coefficient (Wildman–Crippen LogP) is 3.98. The van der Waals surface area contributed by atoms with Crippen molar-refractivity contribution < 1.29 is 22.7 Å². The first-order valence-corrected chi connectivity index (χ1v) is 11.5. The third-order valence-corrected chi connectivity index (χ3v) is 6.19. The molecule has 0 spiro atoms. The second-order valence-corrected chi connectivity index (χ2v) is 9.08. The van der Waals surface area contributed by atoms with E-state index in [0.29, 0.717) is 22.5 Å². The maximum absolute atomic E-state index is 13.6. The van der Waals surface area contributed by atoms with Crippen molar-refractivity contribution in [2.45, 2.75) is 25.6 Å². The highest BCUT2D eigenvalue weighted by atomic mass is 19.4. The zero-order valence-electron chi connectivity index (χ0n) is 21.2. The van der Waals surface area contributed by atoms with Crippen LogP contribution in [-0.4, -0.2) is 81.5 Å². The van der Waals surface area contributed by atoms with Gasteiger partial charge in [0.1, 0.15) is 6.33 Å². The number of halogens is 3. The smallest absolute Gasteiger partial charge is 0.393 e. The standard InChI is InChI=1S/C25H28F3N7O2/c1-15(34(4)21(36)13-33(2)3)16-6-8-17(9-7-16)22-19(11-25(26,27)28)23(32-31-22)18-10-20(37-5)24-29-14-30-35(24)12-18/h6-10,12,14-15H,11,13H2,1-5H3,(H,31,32). The Kier molecular flexibility index (Phi) is 7.21. The number of H-pyrrole nitrogens is 1. The van der Waals surface area contributed by atoms with E-state index in [9.17, 15) is 18.0 Å². The van der Waals surface area contributed by atoms with E-state index in [1.165, 1.54) is 18.0 Å². The Morgan fingerprint density at radius 3 is 2.49 bits per heavy atom. The number of fused-ring (bicyclic) bond motifs is 1. The van der Waals surface area contributed by atoms with Gasteiger partial charge in [-0.2, -0.15) is 23.4 Å². The number of alkyl halides is 3. The quantitative estimate of drug-likeness (QED) is 0.382. The van der Waals surface area contributed by atoms with Gasteiger partial charge >= 0.3 is 6.18 Å². The minimum atomic E-state index is -4.46. The van der Waals surface area contributed by atoms with Crippen molar-refractivity contribution in [2.24, 2.45) is 0 Å². The normalized spacial score (nSPS) is 12.8. The van der Waals surface area contributed by atoms with E-state index in [2.05, 4.69) is 20.3 Å². The fraction of sp³-hybridized carbons (Fsp3) is 0.360. The molecule has 1 unspecified atom stereocenters. The lowest BCUT2D eigenvalue weighted by Crippen LogP contribution is -2.36. The van der Waals surface area contributed by atoms with E-state index in [4.69, 9.17) is 4.74 Å². The van der Waals surface area contributed by atoms with Crippen LogP contribution in [-0.2, 0) is 11.2 Å². The van der Waals surface area contributed by atoms with Gasteiger partial charge in [0.25, 0.3) is 0 Å². The third kappa shape index (κ3) is 5.58. The molecule has 1 amide bonds. The predicted molar refractivity (Wildman–Crippen MR) is 132 cm³/mol. The molecule has 1 atom stereocenters. The summed E-state index contributed by atoms with van der Waals surface area (Å²) in [6.45, 7) is 2.18. The monoisotopic (exact) mass is 515 g/mol. The summed E-state index contributed by atoms with van der Waals surface area (Å²) in [6, 6.07) is 8.46. The minimum absolute atomic E-state index is 0.00750. The number of pyridine rings is 1. The molecule has 37 heavy (non-hydrogen) atoms. The van der Waals surface area contributed by atoms with Crippen molar-refractivity contribution in [1.82, 2.24) is 34.6 Å². The van der Waals surface area contributed by atoms with Gasteiger partial charge in [-0.15, -0.1) is 0 Å². The van der Waals surface area contributed by atoms with Gasteiger partial charge in [-0.3, -0.25) is 9.89 Å². The molecule has 4 rings (SSSR count). The Hall–Kier alpha value is -3.93. The molecule has 12 heteroatoms. The highest BCUT2D eigenvalue weighted by Crippen LogP contribution is 2.37. The molecule has 0 aliphatic rings. The molecule has 4 aromatic rings. The molecule has 0 aliphatic heterocycles. The maximum atomic E-state index is 13.6. The number of amides is 1. The first-order chi connectivity index (χ1) is 17.5. The summed E-state index contributed by atoms with van der Waals surface area (Å²) in [5.41, 5.74) is 2.67. The lowest BCUT2D eigenvalue weighted by molar-refractivity contribution is -0.132. The van der Waals surface area contributed by atoms with E-state index in [1.54, 1.807) is 41.2 Å². The van der Waals surface area contributed by atoms with Crippen molar-refractivity contribution >= 4 is 11.6 Å². The number of nitrogens with one attached hydrogen (secondary N) is 1. The fourth-order valence-corrected chi connectivity index (χ4v) is 4.14. The van der Waals surface area contributed by atoms with Crippen LogP contribution in [0.4, 0.5) is 13.2 Å². The highest BCUT2D eigenvalue weighted by molar-refractivity contribution is 5.79. The zero-order chi connectivity index (χ0) is 26.9. The van der Waals surface area contributed by atoms with Crippen LogP contribution in [0.5, 0.6) is 5.75 Å². The average molecular weight is 516 g/mol. The molecule has 0 saturated carbocycles. The van der Waals surface area contributed by atoms with Crippen LogP contribution in [0.2, 0.25) is 0 Å². The Morgan fingerprint density at radius 1 is 1.16 bits per heavy atom. The summed E-state index contributed by atoms with van der Waals surface area (Å²) in [5, 5.41) is 11.1. The molecular weight excluding hydrogens is 487 g/mol. The molecule has 0 bridgehead atoms. The molecular formula is C25H28F3N7O2. The van der Waals surface area contributed by atoms with Crippen LogP contribution in [0, 0.1) is 0 Å². The summed E-state index contributed by atoms with van der Waals surface area (Å²) >= 11 is 0. The molecule has 196 valence electrons. The van der Waals surface area contributed by atoms with Gasteiger partial charge < -0.3 is 14.5 Å². The number of carbonyl (C=O) groups excluding carboxylic acids is 1. The van der Waals surface area contributed by atoms with Crippen LogP contribution in [0.15, 0.2) is 42.9 Å². The molecule has 3 aromatic heterocycles. The largest absolute Gasteiger partial charge is 0.493 e. The molecule has 3 heterocycles. The molecule has 0 saturated heterocycles. The second kappa shape index (κ2) is 10.2. The van der Waals surface area contributed by atoms with Gasteiger partial charge in [-0.1, -0.05) is 24.3 Å². The van der Waals surface area contributed by atoms with Crippen LogP contribution in [0.1, 0.15) is 24.1 Å². The summed E-state index contributed by atoms with van der Waals surface area (Å²) in [4.78, 5) is 20.0. The van der Waals surface area contributed by atoms with Crippen molar-refractivity contribution in [2.75, 3.05) is 34.8 Å². The number of aromatic amines is 1. The number of hydrogen-bond acceptors (Lipinski definition) is 6. The first kappa shape index (κ1) is 26.1. The topological polar surface area (TPSA) is 91.7 Å². The van der Waals surface area contributed by atoms with Crippen molar-refractivity contribution in [3.05, 3.63) is 54.0 Å². The van der Waals surface area contributed by atoms with Gasteiger partial charge in [0.2, 0.25) is 5.91 Å². The van der Waals surface area contributed by atoms with Crippen LogP contribution < -0.4 is 4.74 Å². The number of nitrogens with zero attached hydrogens (tertiary/aromatic N) is 6. The third-order valence-electron chi connectivity index (χ3n) is 6.19. The Labute approximate surface area is 211 Å². The minimum Gasteiger partial charge on any atom is -0.493 e. The average Bonchev–Trinajstić information content (AvgIpc) is 3.48. The number of rotatable bonds is 8. The summed E-state index contributed by atoms with van der Waals surface area (Å²) in [5.74, 6) is 0.329. The van der Waals surface area contributed by atoms with Crippen LogP contribution in [0.3, 0.4) is 0 Å². The van der Waals surface area contributed by atoms with Gasteiger partial charge in [0.15, 0.2) is 11.4 Å². The molecule has 1 aromatic carbocycles. The van der Waals surface area contributed by atoms with Crippen molar-refractivity contribution in [3.63, 3.8) is 0 Å². The first-order valence-electron chi connectivity index (χ1n) is 11.5. The van der Waals surface area contributed by atoms with Crippen molar-refractivity contribution in [1.29, 1.82) is 0 Å². The van der Waals surface area contributed by atoms with E-state index < -0.39 is 12.6 Å². The number of benzene rings is 1. The fourth-order valence-electron chi connectivity index (χ4n) is 4.14. The van der Waals surface area contributed by atoms with E-state index in [-0.39, 0.29) is 35.4 Å². The summed E-state index contributed by atoms with van der Waals surface area (Å²) in [6.07, 6.45) is -2.73. The number of likely N-dealkylation sites (N-methyl/N-ethyl adjacent to an activating group) is 2. The van der Waals surface area contributed by atoms with E-state index >= 15 is 0 Å². The maximum Gasteiger partial charge on any atom is 0.393 e. The lowest BCUT2D eigenvalue weighted by atomic mass is 9.98. The Morgan fingerprint density at radius 2 is 1.86 bits per heavy atom. The van der Waals surface area contributed by atoms with Crippen LogP contribution >= 0.6 is 0 Å². The zero-order valence-corrected chi connectivity index (χ0v) is 21.2. The summed E-state index contributed by atoms with van der Waals surface area (Å²) < 4.78 is 47.7. The molecule has 9 nitrogen and oxygen atoms in total. The number of hydrogen-bond donors (Lipinski definition) is 1. The van der Waals surface area contributed by atoms with E-state index in [0.717, 1.165) is 5.56 Å². The molecule has 0 radical (unpaired) electrons.